The second-order valence-electron chi connectivity index (χ2n) is 4.27. The SMILES string of the molecule is Cn1ccc(-c2noc(N)c2-c2ccc(Cl)c(Cl)c2)n1. The summed E-state index contributed by atoms with van der Waals surface area (Å²) in [5.74, 6) is 0.212. The van der Waals surface area contributed by atoms with Crippen LogP contribution in [0.4, 0.5) is 5.88 Å². The Kier molecular flexibility index (Phi) is 3.16. The number of nitrogen functional groups attached to an aromatic ring is 1. The molecule has 3 aromatic rings. The van der Waals surface area contributed by atoms with Crippen LogP contribution in [-0.2, 0) is 7.05 Å². The van der Waals surface area contributed by atoms with Crippen LogP contribution in [0.3, 0.4) is 0 Å². The average molecular weight is 309 g/mol. The van der Waals surface area contributed by atoms with Gasteiger partial charge >= 0.3 is 0 Å². The fourth-order valence-electron chi connectivity index (χ4n) is 1.95. The monoisotopic (exact) mass is 308 g/mol. The molecule has 0 saturated carbocycles. The van der Waals surface area contributed by atoms with Gasteiger partial charge in [-0.05, 0) is 23.8 Å². The summed E-state index contributed by atoms with van der Waals surface area (Å²) < 4.78 is 6.77. The van der Waals surface area contributed by atoms with Crippen molar-refractivity contribution in [1.29, 1.82) is 0 Å². The summed E-state index contributed by atoms with van der Waals surface area (Å²) in [6.45, 7) is 0. The third-order valence-corrected chi connectivity index (χ3v) is 3.62. The Morgan fingerprint density at radius 2 is 2.00 bits per heavy atom. The van der Waals surface area contributed by atoms with Crippen molar-refractivity contribution in [2.24, 2.45) is 7.05 Å². The molecular weight excluding hydrogens is 299 g/mol. The number of rotatable bonds is 2. The molecule has 0 aliphatic carbocycles. The molecule has 0 amide bonds. The number of halogens is 2. The maximum Gasteiger partial charge on any atom is 0.230 e. The lowest BCUT2D eigenvalue weighted by atomic mass is 10.0. The van der Waals surface area contributed by atoms with E-state index in [1.807, 2.05) is 25.4 Å². The molecule has 0 aliphatic heterocycles. The number of nitrogens with zero attached hydrogens (tertiary/aromatic N) is 3. The predicted molar refractivity (Wildman–Crippen MR) is 78.6 cm³/mol. The minimum Gasteiger partial charge on any atom is -0.367 e. The number of hydrogen-bond donors (Lipinski definition) is 1. The second-order valence-corrected chi connectivity index (χ2v) is 5.09. The first kappa shape index (κ1) is 13.0. The van der Waals surface area contributed by atoms with Gasteiger partial charge in [0.2, 0.25) is 5.88 Å². The van der Waals surface area contributed by atoms with Crippen molar-refractivity contribution in [3.63, 3.8) is 0 Å². The molecule has 0 saturated heterocycles. The minimum atomic E-state index is 0.212. The molecule has 5 nitrogen and oxygen atoms in total. The van der Waals surface area contributed by atoms with Crippen molar-refractivity contribution in [2.75, 3.05) is 5.73 Å². The quantitative estimate of drug-likeness (QED) is 0.784. The van der Waals surface area contributed by atoms with E-state index < -0.39 is 0 Å². The van der Waals surface area contributed by atoms with Gasteiger partial charge in [-0.25, -0.2) is 0 Å². The summed E-state index contributed by atoms with van der Waals surface area (Å²) in [6, 6.07) is 7.06. The second kappa shape index (κ2) is 4.85. The summed E-state index contributed by atoms with van der Waals surface area (Å²) in [7, 11) is 1.83. The van der Waals surface area contributed by atoms with Crippen LogP contribution < -0.4 is 5.73 Å². The van der Waals surface area contributed by atoms with Crippen LogP contribution in [0.25, 0.3) is 22.5 Å². The minimum absolute atomic E-state index is 0.212. The maximum atomic E-state index is 6.04. The van der Waals surface area contributed by atoms with Gasteiger partial charge in [-0.2, -0.15) is 5.10 Å². The van der Waals surface area contributed by atoms with Gasteiger partial charge in [-0.15, -0.1) is 0 Å². The van der Waals surface area contributed by atoms with Crippen LogP contribution >= 0.6 is 23.2 Å². The van der Waals surface area contributed by atoms with Crippen molar-refractivity contribution < 1.29 is 4.52 Å². The van der Waals surface area contributed by atoms with Crippen molar-refractivity contribution >= 4 is 29.1 Å². The van der Waals surface area contributed by atoms with Gasteiger partial charge in [0.15, 0.2) is 0 Å². The van der Waals surface area contributed by atoms with Gasteiger partial charge in [0.05, 0.1) is 15.6 Å². The Labute approximate surface area is 124 Å². The van der Waals surface area contributed by atoms with E-state index in [9.17, 15) is 0 Å². The molecule has 0 spiro atoms. The zero-order chi connectivity index (χ0) is 14.3. The highest BCUT2D eigenvalue weighted by molar-refractivity contribution is 6.42. The zero-order valence-corrected chi connectivity index (χ0v) is 12.0. The van der Waals surface area contributed by atoms with Crippen molar-refractivity contribution in [1.82, 2.24) is 14.9 Å². The van der Waals surface area contributed by atoms with Gasteiger partial charge in [0, 0.05) is 13.2 Å². The van der Waals surface area contributed by atoms with Gasteiger partial charge in [0.1, 0.15) is 11.4 Å². The van der Waals surface area contributed by atoms with Crippen LogP contribution in [0.5, 0.6) is 0 Å². The lowest BCUT2D eigenvalue weighted by Gasteiger charge is -2.03. The fraction of sp³-hybridized carbons (Fsp3) is 0.0769. The first-order valence-electron chi connectivity index (χ1n) is 5.77. The van der Waals surface area contributed by atoms with E-state index in [1.54, 1.807) is 16.8 Å². The number of benzene rings is 1. The molecule has 0 radical (unpaired) electrons. The third-order valence-electron chi connectivity index (χ3n) is 2.88. The van der Waals surface area contributed by atoms with E-state index in [0.717, 1.165) is 5.56 Å². The van der Waals surface area contributed by atoms with E-state index >= 15 is 0 Å². The van der Waals surface area contributed by atoms with E-state index in [4.69, 9.17) is 33.5 Å². The van der Waals surface area contributed by atoms with E-state index in [-0.39, 0.29) is 5.88 Å². The summed E-state index contributed by atoms with van der Waals surface area (Å²) in [5, 5.41) is 9.19. The highest BCUT2D eigenvalue weighted by atomic mass is 35.5. The Hall–Kier alpha value is -1.98. The Morgan fingerprint density at radius 1 is 1.20 bits per heavy atom. The number of aryl methyl sites for hydroxylation is 1. The number of aromatic nitrogens is 3. The Balaban J connectivity index is 2.18. The molecule has 7 heteroatoms. The summed E-state index contributed by atoms with van der Waals surface area (Å²) >= 11 is 12.0. The first-order chi connectivity index (χ1) is 9.56. The van der Waals surface area contributed by atoms with Gasteiger partial charge < -0.3 is 10.3 Å². The molecule has 3 rings (SSSR count). The topological polar surface area (TPSA) is 69.9 Å². The smallest absolute Gasteiger partial charge is 0.230 e. The third kappa shape index (κ3) is 2.15. The van der Waals surface area contributed by atoms with Crippen molar-refractivity contribution in [2.45, 2.75) is 0 Å². The normalized spacial score (nSPS) is 10.9. The van der Waals surface area contributed by atoms with Gasteiger partial charge in [-0.3, -0.25) is 4.68 Å². The molecule has 0 aliphatic rings. The lowest BCUT2D eigenvalue weighted by molar-refractivity contribution is 0.439. The van der Waals surface area contributed by atoms with Gasteiger partial charge in [0.25, 0.3) is 0 Å². The highest BCUT2D eigenvalue weighted by Gasteiger charge is 2.19. The van der Waals surface area contributed by atoms with Crippen LogP contribution in [0, 0.1) is 0 Å². The molecule has 0 bridgehead atoms. The fourth-order valence-corrected chi connectivity index (χ4v) is 2.25. The molecule has 102 valence electrons. The molecule has 0 fully saturated rings. The number of hydrogen-bond acceptors (Lipinski definition) is 4. The predicted octanol–water partition coefficient (Wildman–Crippen LogP) is 3.63. The molecule has 2 N–H and O–H groups in total. The van der Waals surface area contributed by atoms with Crippen molar-refractivity contribution in [3.8, 4) is 22.5 Å². The summed E-state index contributed by atoms with van der Waals surface area (Å²) in [5.41, 5.74) is 8.54. The lowest BCUT2D eigenvalue weighted by Crippen LogP contribution is -1.91. The van der Waals surface area contributed by atoms with Crippen LogP contribution in [-0.4, -0.2) is 14.9 Å². The molecule has 0 atom stereocenters. The van der Waals surface area contributed by atoms with E-state index in [2.05, 4.69) is 10.3 Å². The molecule has 20 heavy (non-hydrogen) atoms. The van der Waals surface area contributed by atoms with Crippen LogP contribution in [0.15, 0.2) is 35.0 Å². The molecular formula is C13H10Cl2N4O. The molecule has 2 aromatic heterocycles. The molecule has 1 aromatic carbocycles. The number of anilines is 1. The van der Waals surface area contributed by atoms with Crippen molar-refractivity contribution in [3.05, 3.63) is 40.5 Å². The molecule has 0 unspecified atom stereocenters. The largest absolute Gasteiger partial charge is 0.367 e. The van der Waals surface area contributed by atoms with E-state index in [1.165, 1.54) is 0 Å². The highest BCUT2D eigenvalue weighted by Crippen LogP contribution is 2.37. The van der Waals surface area contributed by atoms with E-state index in [0.29, 0.717) is 27.0 Å². The zero-order valence-electron chi connectivity index (χ0n) is 10.5. The van der Waals surface area contributed by atoms with Crippen LogP contribution in [0.1, 0.15) is 0 Å². The van der Waals surface area contributed by atoms with Gasteiger partial charge in [-0.1, -0.05) is 34.4 Å². The molecule has 2 heterocycles. The average Bonchev–Trinajstić information content (AvgIpc) is 2.99. The number of nitrogens with two attached hydrogens (primary N) is 1. The summed E-state index contributed by atoms with van der Waals surface area (Å²) in [4.78, 5) is 0. The summed E-state index contributed by atoms with van der Waals surface area (Å²) in [6.07, 6.45) is 1.82. The first-order valence-corrected chi connectivity index (χ1v) is 6.52. The van der Waals surface area contributed by atoms with Crippen LogP contribution in [0.2, 0.25) is 10.0 Å². The standard InChI is InChI=1S/C13H10Cl2N4O/c1-19-5-4-10(17-19)12-11(13(16)20-18-12)7-2-3-8(14)9(15)6-7/h2-6H,16H2,1H3. The maximum absolute atomic E-state index is 6.04. The Morgan fingerprint density at radius 3 is 2.65 bits per heavy atom. The Bertz CT molecular complexity index is 779.